The molecule has 23 heavy (non-hydrogen) atoms. The predicted octanol–water partition coefficient (Wildman–Crippen LogP) is 3.52. The minimum atomic E-state index is -0.253. The fraction of sp³-hybridized carbons (Fsp3) is 0.375. The number of carbonyl (C=O) groups is 1. The van der Waals surface area contributed by atoms with Gasteiger partial charge in [-0.2, -0.15) is 0 Å². The molecule has 1 aromatic heterocycles. The van der Waals surface area contributed by atoms with Gasteiger partial charge in [0.2, 0.25) is 0 Å². The maximum atomic E-state index is 12.4. The summed E-state index contributed by atoms with van der Waals surface area (Å²) in [5, 5.41) is 9.44. The number of ether oxygens (including phenoxy) is 1. The van der Waals surface area contributed by atoms with E-state index in [0.717, 1.165) is 30.9 Å². The number of methoxy groups -OCH3 is 1. The largest absolute Gasteiger partial charge is 0.497 e. The van der Waals surface area contributed by atoms with Crippen LogP contribution in [0.15, 0.2) is 23.6 Å². The molecule has 0 aliphatic carbocycles. The molecule has 5 nitrogen and oxygen atoms in total. The highest BCUT2D eigenvalue weighted by Gasteiger charge is 2.20. The van der Waals surface area contributed by atoms with Crippen LogP contribution in [0.2, 0.25) is 5.02 Å². The van der Waals surface area contributed by atoms with E-state index in [9.17, 15) is 4.79 Å². The third-order valence-electron chi connectivity index (χ3n) is 3.86. The van der Waals surface area contributed by atoms with E-state index < -0.39 is 0 Å². The van der Waals surface area contributed by atoms with Gasteiger partial charge in [-0.05, 0) is 38.1 Å². The van der Waals surface area contributed by atoms with E-state index >= 15 is 0 Å². The number of amides is 1. The summed E-state index contributed by atoms with van der Waals surface area (Å²) in [6, 6.07) is 5.13. The lowest BCUT2D eigenvalue weighted by Gasteiger charge is -2.20. The highest BCUT2D eigenvalue weighted by molar-refractivity contribution is 7.10. The molecule has 0 atom stereocenters. The van der Waals surface area contributed by atoms with Crippen molar-refractivity contribution in [3.63, 3.8) is 0 Å². The van der Waals surface area contributed by atoms with E-state index in [-0.39, 0.29) is 5.91 Å². The molecule has 1 aliphatic heterocycles. The first-order valence-electron chi connectivity index (χ1n) is 7.48. The molecule has 3 rings (SSSR count). The average molecular weight is 352 g/mol. The molecule has 1 saturated heterocycles. The average Bonchev–Trinajstić information content (AvgIpc) is 3.08. The van der Waals surface area contributed by atoms with Crippen molar-refractivity contribution in [3.05, 3.63) is 39.3 Å². The van der Waals surface area contributed by atoms with Gasteiger partial charge in [-0.3, -0.25) is 4.79 Å². The number of thiazole rings is 1. The van der Waals surface area contributed by atoms with Crippen LogP contribution in [0.5, 0.6) is 5.75 Å². The Hall–Kier alpha value is -1.63. The Morgan fingerprint density at radius 2 is 2.22 bits per heavy atom. The Morgan fingerprint density at radius 3 is 2.96 bits per heavy atom. The summed E-state index contributed by atoms with van der Waals surface area (Å²) in [6.07, 6.45) is 2.13. The van der Waals surface area contributed by atoms with E-state index in [2.05, 4.69) is 15.6 Å². The van der Waals surface area contributed by atoms with Gasteiger partial charge in [0.15, 0.2) is 0 Å². The first-order chi connectivity index (χ1) is 11.2. The molecule has 1 fully saturated rings. The lowest BCUT2D eigenvalue weighted by Crippen LogP contribution is -2.26. The maximum Gasteiger partial charge on any atom is 0.275 e. The molecule has 0 radical (unpaired) electrons. The SMILES string of the molecule is COc1ccc(Cl)c(NC(=O)c2csc(C3CCNCC3)n2)c1. The van der Waals surface area contributed by atoms with Gasteiger partial charge in [-0.1, -0.05) is 11.6 Å². The van der Waals surface area contributed by atoms with E-state index in [4.69, 9.17) is 16.3 Å². The zero-order chi connectivity index (χ0) is 16.2. The Kier molecular flexibility index (Phi) is 5.15. The Bertz CT molecular complexity index is 698. The second-order valence-electron chi connectivity index (χ2n) is 5.40. The van der Waals surface area contributed by atoms with E-state index in [1.54, 1.807) is 42.0 Å². The number of benzene rings is 1. The molecule has 0 saturated carbocycles. The second-order valence-corrected chi connectivity index (χ2v) is 6.69. The third kappa shape index (κ3) is 3.83. The molecule has 2 N–H and O–H groups in total. The van der Waals surface area contributed by atoms with Gasteiger partial charge >= 0.3 is 0 Å². The standard InChI is InChI=1S/C16H18ClN3O2S/c1-22-11-2-3-12(17)13(8-11)19-15(21)14-9-23-16(20-14)10-4-6-18-7-5-10/h2-3,8-10,18H,4-7H2,1H3,(H,19,21). The molecule has 1 aliphatic rings. The second kappa shape index (κ2) is 7.29. The number of nitrogens with one attached hydrogen (secondary N) is 2. The van der Waals surface area contributed by atoms with Gasteiger partial charge in [0, 0.05) is 17.4 Å². The van der Waals surface area contributed by atoms with Crippen LogP contribution in [-0.4, -0.2) is 31.1 Å². The first kappa shape index (κ1) is 16.2. The minimum absolute atomic E-state index is 0.253. The first-order valence-corrected chi connectivity index (χ1v) is 8.74. The summed E-state index contributed by atoms with van der Waals surface area (Å²) >= 11 is 7.67. The Balaban J connectivity index is 1.72. The highest BCUT2D eigenvalue weighted by atomic mass is 35.5. The van der Waals surface area contributed by atoms with Gasteiger partial charge in [-0.15, -0.1) is 11.3 Å². The van der Waals surface area contributed by atoms with Crippen molar-refractivity contribution in [1.82, 2.24) is 10.3 Å². The normalized spacial score (nSPS) is 15.4. The Morgan fingerprint density at radius 1 is 1.43 bits per heavy atom. The molecule has 0 unspecified atom stereocenters. The van der Waals surface area contributed by atoms with Crippen molar-refractivity contribution in [3.8, 4) is 5.75 Å². The molecular weight excluding hydrogens is 334 g/mol. The van der Waals surface area contributed by atoms with Crippen molar-refractivity contribution in [1.29, 1.82) is 0 Å². The van der Waals surface area contributed by atoms with Gasteiger partial charge in [0.25, 0.3) is 5.91 Å². The van der Waals surface area contributed by atoms with Crippen LogP contribution >= 0.6 is 22.9 Å². The number of anilines is 1. The number of hydrogen-bond donors (Lipinski definition) is 2. The lowest BCUT2D eigenvalue weighted by atomic mass is 9.99. The minimum Gasteiger partial charge on any atom is -0.497 e. The van der Waals surface area contributed by atoms with Gasteiger partial charge < -0.3 is 15.4 Å². The van der Waals surface area contributed by atoms with Crippen LogP contribution < -0.4 is 15.4 Å². The van der Waals surface area contributed by atoms with Gasteiger partial charge in [0.1, 0.15) is 11.4 Å². The summed E-state index contributed by atoms with van der Waals surface area (Å²) in [5.41, 5.74) is 0.954. The summed E-state index contributed by atoms with van der Waals surface area (Å²) in [6.45, 7) is 2.01. The quantitative estimate of drug-likeness (QED) is 0.884. The summed E-state index contributed by atoms with van der Waals surface area (Å²) in [7, 11) is 1.57. The smallest absolute Gasteiger partial charge is 0.275 e. The van der Waals surface area contributed by atoms with Crippen LogP contribution in [0.25, 0.3) is 0 Å². The number of hydrogen-bond acceptors (Lipinski definition) is 5. The topological polar surface area (TPSA) is 63.2 Å². The molecule has 0 bridgehead atoms. The number of nitrogens with zero attached hydrogens (tertiary/aromatic N) is 1. The van der Waals surface area contributed by atoms with Crippen LogP contribution in [0.3, 0.4) is 0 Å². The molecular formula is C16H18ClN3O2S. The lowest BCUT2D eigenvalue weighted by molar-refractivity contribution is 0.102. The van der Waals surface area contributed by atoms with E-state index in [0.29, 0.717) is 28.1 Å². The zero-order valence-electron chi connectivity index (χ0n) is 12.8. The predicted molar refractivity (Wildman–Crippen MR) is 92.9 cm³/mol. The summed E-state index contributed by atoms with van der Waals surface area (Å²) in [4.78, 5) is 16.9. The van der Waals surface area contributed by atoms with Crippen molar-refractivity contribution in [2.24, 2.45) is 0 Å². The van der Waals surface area contributed by atoms with Gasteiger partial charge in [-0.25, -0.2) is 4.98 Å². The fourth-order valence-corrected chi connectivity index (χ4v) is 3.70. The van der Waals surface area contributed by atoms with Gasteiger partial charge in [0.05, 0.1) is 22.8 Å². The molecule has 122 valence electrons. The third-order valence-corrected chi connectivity index (χ3v) is 5.20. The number of aromatic nitrogens is 1. The van der Waals surface area contributed by atoms with E-state index in [1.165, 1.54) is 0 Å². The van der Waals surface area contributed by atoms with Crippen LogP contribution in [-0.2, 0) is 0 Å². The van der Waals surface area contributed by atoms with Crippen molar-refractivity contribution in [2.75, 3.05) is 25.5 Å². The Labute approximate surface area is 144 Å². The van der Waals surface area contributed by atoms with Crippen LogP contribution in [0, 0.1) is 0 Å². The highest BCUT2D eigenvalue weighted by Crippen LogP contribution is 2.29. The maximum absolute atomic E-state index is 12.4. The number of carbonyl (C=O) groups excluding carboxylic acids is 1. The monoisotopic (exact) mass is 351 g/mol. The molecule has 1 amide bonds. The zero-order valence-corrected chi connectivity index (χ0v) is 14.3. The summed E-state index contributed by atoms with van der Waals surface area (Å²) in [5.74, 6) is 0.832. The molecule has 1 aromatic carbocycles. The molecule has 0 spiro atoms. The van der Waals surface area contributed by atoms with Crippen LogP contribution in [0.1, 0.15) is 34.3 Å². The van der Waals surface area contributed by atoms with Crippen molar-refractivity contribution < 1.29 is 9.53 Å². The summed E-state index contributed by atoms with van der Waals surface area (Å²) < 4.78 is 5.15. The molecule has 7 heteroatoms. The van der Waals surface area contributed by atoms with Crippen molar-refractivity contribution in [2.45, 2.75) is 18.8 Å². The fourth-order valence-electron chi connectivity index (χ4n) is 2.56. The number of halogens is 1. The van der Waals surface area contributed by atoms with Crippen LogP contribution in [0.4, 0.5) is 5.69 Å². The molecule has 2 heterocycles. The number of rotatable bonds is 4. The number of piperidine rings is 1. The van der Waals surface area contributed by atoms with E-state index in [1.807, 2.05) is 0 Å². The van der Waals surface area contributed by atoms with Crippen molar-refractivity contribution >= 4 is 34.5 Å². The molecule has 2 aromatic rings.